The average molecular weight is 166 g/mol. The summed E-state index contributed by atoms with van der Waals surface area (Å²) in [6.45, 7) is 1.74. The number of hydrogen-bond donors (Lipinski definition) is 0. The van der Waals surface area contributed by atoms with Crippen LogP contribution in [0.4, 0.5) is 0 Å². The van der Waals surface area contributed by atoms with Gasteiger partial charge >= 0.3 is 0 Å². The van der Waals surface area contributed by atoms with Gasteiger partial charge < -0.3 is 9.47 Å². The van der Waals surface area contributed by atoms with E-state index in [1.165, 1.54) is 19.3 Å². The van der Waals surface area contributed by atoms with Crippen LogP contribution in [0.25, 0.3) is 0 Å². The minimum absolute atomic E-state index is 0.427. The van der Waals surface area contributed by atoms with E-state index in [2.05, 4.69) is 6.08 Å². The third-order valence-corrected chi connectivity index (χ3v) is 2.97. The number of allylic oxidation sites excluding steroid dienone is 1. The van der Waals surface area contributed by atoms with E-state index in [0.29, 0.717) is 12.2 Å². The van der Waals surface area contributed by atoms with Crippen molar-refractivity contribution in [2.45, 2.75) is 31.5 Å². The molecule has 0 aromatic carbocycles. The number of hydrogen-bond acceptors (Lipinski definition) is 2. The Balaban J connectivity index is 1.45. The quantitative estimate of drug-likeness (QED) is 0.468. The zero-order valence-electron chi connectivity index (χ0n) is 7.16. The average Bonchev–Trinajstić information content (AvgIpc) is 2.96. The summed E-state index contributed by atoms with van der Waals surface area (Å²) in [6, 6.07) is 0. The van der Waals surface area contributed by atoms with Gasteiger partial charge in [-0.15, -0.1) is 0 Å². The summed E-state index contributed by atoms with van der Waals surface area (Å²) in [5, 5.41) is 0. The van der Waals surface area contributed by atoms with Gasteiger partial charge in [0, 0.05) is 0 Å². The lowest BCUT2D eigenvalue weighted by atomic mass is 9.97. The second-order valence-electron chi connectivity index (χ2n) is 4.04. The van der Waals surface area contributed by atoms with E-state index in [9.17, 15) is 0 Å². The highest BCUT2D eigenvalue weighted by molar-refractivity contribution is 5.31. The van der Waals surface area contributed by atoms with Crippen molar-refractivity contribution in [3.8, 4) is 0 Å². The molecular formula is C10H14O2. The second kappa shape index (κ2) is 2.57. The van der Waals surface area contributed by atoms with Crippen molar-refractivity contribution in [1.82, 2.24) is 0 Å². The molecule has 0 bridgehead atoms. The normalized spacial score (nSPS) is 43.3. The Kier molecular flexibility index (Phi) is 1.52. The van der Waals surface area contributed by atoms with Gasteiger partial charge in [0.1, 0.15) is 6.10 Å². The SMILES string of the molecule is C1=C2CC(OCC3CO3)CCC12. The van der Waals surface area contributed by atoms with Crippen molar-refractivity contribution in [2.75, 3.05) is 13.2 Å². The fourth-order valence-electron chi connectivity index (χ4n) is 1.98. The summed E-state index contributed by atoms with van der Waals surface area (Å²) in [5.41, 5.74) is 1.64. The standard InChI is InChI=1S/C10H14O2/c1-2-9(4-8-3-7(1)8)11-5-10-6-12-10/h3,7,9-10H,1-2,4-6H2. The smallest absolute Gasteiger partial charge is 0.104 e. The molecule has 0 radical (unpaired) electrons. The molecule has 3 rings (SSSR count). The van der Waals surface area contributed by atoms with Gasteiger partial charge in [0.2, 0.25) is 0 Å². The number of rotatable bonds is 3. The Hall–Kier alpha value is -0.340. The summed E-state index contributed by atoms with van der Waals surface area (Å²) in [7, 11) is 0. The van der Waals surface area contributed by atoms with Crippen molar-refractivity contribution in [2.24, 2.45) is 5.92 Å². The summed E-state index contributed by atoms with van der Waals surface area (Å²) in [6.07, 6.45) is 7.08. The van der Waals surface area contributed by atoms with Crippen molar-refractivity contribution < 1.29 is 9.47 Å². The lowest BCUT2D eigenvalue weighted by molar-refractivity contribution is 0.0304. The Morgan fingerprint density at radius 3 is 3.17 bits per heavy atom. The molecule has 3 aliphatic rings. The molecule has 0 aromatic heterocycles. The molecule has 0 N–H and O–H groups in total. The van der Waals surface area contributed by atoms with Crippen LogP contribution >= 0.6 is 0 Å². The highest BCUT2D eigenvalue weighted by Crippen LogP contribution is 2.42. The molecule has 1 heterocycles. The molecule has 0 spiro atoms. The molecular weight excluding hydrogens is 152 g/mol. The zero-order valence-corrected chi connectivity index (χ0v) is 7.16. The molecule has 2 heteroatoms. The van der Waals surface area contributed by atoms with Crippen molar-refractivity contribution in [1.29, 1.82) is 0 Å². The molecule has 12 heavy (non-hydrogen) atoms. The number of ether oxygens (including phenoxy) is 2. The molecule has 1 aliphatic heterocycles. The summed E-state index contributed by atoms with van der Waals surface area (Å²) >= 11 is 0. The van der Waals surface area contributed by atoms with Crippen LogP contribution in [0, 0.1) is 5.92 Å². The molecule has 2 aliphatic carbocycles. The van der Waals surface area contributed by atoms with Gasteiger partial charge in [-0.25, -0.2) is 0 Å². The molecule has 3 unspecified atom stereocenters. The molecule has 2 nitrogen and oxygen atoms in total. The number of fused-ring (bicyclic) bond motifs is 1. The summed E-state index contributed by atoms with van der Waals surface area (Å²) in [4.78, 5) is 0. The maximum Gasteiger partial charge on any atom is 0.104 e. The first kappa shape index (κ1) is 7.10. The third kappa shape index (κ3) is 1.41. The molecule has 1 saturated carbocycles. The van der Waals surface area contributed by atoms with Gasteiger partial charge in [-0.1, -0.05) is 11.6 Å². The molecule has 0 aromatic rings. The van der Waals surface area contributed by atoms with E-state index in [1.807, 2.05) is 0 Å². The fraction of sp³-hybridized carbons (Fsp3) is 0.800. The fourth-order valence-corrected chi connectivity index (χ4v) is 1.98. The van der Waals surface area contributed by atoms with Gasteiger partial charge in [-0.05, 0) is 25.2 Å². The largest absolute Gasteiger partial charge is 0.375 e. The molecule has 0 amide bonds. The Bertz CT molecular complexity index is 218. The van der Waals surface area contributed by atoms with Crippen molar-refractivity contribution in [3.05, 3.63) is 11.6 Å². The van der Waals surface area contributed by atoms with Gasteiger partial charge in [0.25, 0.3) is 0 Å². The highest BCUT2D eigenvalue weighted by Gasteiger charge is 2.33. The lowest BCUT2D eigenvalue weighted by Gasteiger charge is -2.20. The minimum Gasteiger partial charge on any atom is -0.375 e. The van der Waals surface area contributed by atoms with Crippen LogP contribution in [0.1, 0.15) is 19.3 Å². The summed E-state index contributed by atoms with van der Waals surface area (Å²) < 4.78 is 10.8. The molecule has 1 saturated heterocycles. The Morgan fingerprint density at radius 1 is 1.50 bits per heavy atom. The van der Waals surface area contributed by atoms with Gasteiger partial charge in [0.15, 0.2) is 0 Å². The molecule has 66 valence electrons. The van der Waals surface area contributed by atoms with Crippen LogP contribution in [0.5, 0.6) is 0 Å². The van der Waals surface area contributed by atoms with E-state index in [0.717, 1.165) is 19.1 Å². The minimum atomic E-state index is 0.427. The van der Waals surface area contributed by atoms with Crippen LogP contribution in [-0.4, -0.2) is 25.4 Å². The van der Waals surface area contributed by atoms with E-state index >= 15 is 0 Å². The van der Waals surface area contributed by atoms with Crippen LogP contribution < -0.4 is 0 Å². The topological polar surface area (TPSA) is 21.8 Å². The van der Waals surface area contributed by atoms with Crippen LogP contribution in [0.3, 0.4) is 0 Å². The van der Waals surface area contributed by atoms with Gasteiger partial charge in [0.05, 0.1) is 19.3 Å². The number of epoxide rings is 1. The molecule has 3 atom stereocenters. The van der Waals surface area contributed by atoms with E-state index < -0.39 is 0 Å². The predicted octanol–water partition coefficient (Wildman–Crippen LogP) is 1.51. The first-order valence-electron chi connectivity index (χ1n) is 4.85. The predicted molar refractivity (Wildman–Crippen MR) is 44.9 cm³/mol. The zero-order chi connectivity index (χ0) is 7.97. The molecule has 2 fully saturated rings. The van der Waals surface area contributed by atoms with E-state index in [1.54, 1.807) is 5.57 Å². The Labute approximate surface area is 72.5 Å². The third-order valence-electron chi connectivity index (χ3n) is 2.97. The van der Waals surface area contributed by atoms with Crippen LogP contribution in [-0.2, 0) is 9.47 Å². The lowest BCUT2D eigenvalue weighted by Crippen LogP contribution is -2.19. The Morgan fingerprint density at radius 2 is 2.42 bits per heavy atom. The summed E-state index contributed by atoms with van der Waals surface area (Å²) in [5.74, 6) is 0.877. The van der Waals surface area contributed by atoms with Crippen molar-refractivity contribution >= 4 is 0 Å². The monoisotopic (exact) mass is 166 g/mol. The second-order valence-corrected chi connectivity index (χ2v) is 4.04. The van der Waals surface area contributed by atoms with Gasteiger partial charge in [-0.2, -0.15) is 0 Å². The van der Waals surface area contributed by atoms with Crippen LogP contribution in [0.2, 0.25) is 0 Å². The first-order valence-corrected chi connectivity index (χ1v) is 4.85. The van der Waals surface area contributed by atoms with Crippen LogP contribution in [0.15, 0.2) is 11.6 Å². The maximum absolute atomic E-state index is 5.74. The van der Waals surface area contributed by atoms with E-state index in [4.69, 9.17) is 9.47 Å². The highest BCUT2D eigenvalue weighted by atomic mass is 16.6. The van der Waals surface area contributed by atoms with Gasteiger partial charge in [-0.3, -0.25) is 0 Å². The maximum atomic E-state index is 5.74. The first-order chi connectivity index (χ1) is 5.92. The van der Waals surface area contributed by atoms with E-state index in [-0.39, 0.29) is 0 Å². The van der Waals surface area contributed by atoms with Crippen molar-refractivity contribution in [3.63, 3.8) is 0 Å².